The van der Waals surface area contributed by atoms with Gasteiger partial charge in [0.05, 0.1) is 18.0 Å². The minimum atomic E-state index is -3.46. The van der Waals surface area contributed by atoms with Crippen molar-refractivity contribution in [2.75, 3.05) is 25.4 Å². The van der Waals surface area contributed by atoms with E-state index < -0.39 is 10.0 Å². The number of carbonyl (C=O) groups excluding carboxylic acids is 2. The number of benzene rings is 1. The molecule has 1 amide bonds. The molecule has 0 spiro atoms. The number of fused-ring (bicyclic) bond motifs is 1. The molecule has 1 aliphatic carbocycles. The van der Waals surface area contributed by atoms with Crippen LogP contribution < -0.4 is 5.32 Å². The van der Waals surface area contributed by atoms with Gasteiger partial charge in [0.25, 0.3) is 0 Å². The van der Waals surface area contributed by atoms with Crippen LogP contribution >= 0.6 is 0 Å². The zero-order valence-corrected chi connectivity index (χ0v) is 18.7. The summed E-state index contributed by atoms with van der Waals surface area (Å²) in [5.74, 6) is -0.514. The van der Waals surface area contributed by atoms with Crippen molar-refractivity contribution in [2.24, 2.45) is 0 Å². The Hall–Kier alpha value is -1.77. The molecule has 0 aromatic heterocycles. The van der Waals surface area contributed by atoms with Crippen molar-refractivity contribution in [1.29, 1.82) is 0 Å². The summed E-state index contributed by atoms with van der Waals surface area (Å²) in [4.78, 5) is 24.5. The van der Waals surface area contributed by atoms with E-state index in [1.54, 1.807) is 0 Å². The summed E-state index contributed by atoms with van der Waals surface area (Å²) in [6.45, 7) is 4.39. The first kappa shape index (κ1) is 22.9. The van der Waals surface area contributed by atoms with Crippen LogP contribution in [0.1, 0.15) is 61.0 Å². The predicted octanol–water partition coefficient (Wildman–Crippen LogP) is 2.08. The Balaban J connectivity index is 1.42. The van der Waals surface area contributed by atoms with Gasteiger partial charge >= 0.3 is 0 Å². The molecule has 1 aliphatic heterocycles. The van der Waals surface area contributed by atoms with Crippen molar-refractivity contribution in [3.8, 4) is 0 Å². The van der Waals surface area contributed by atoms with Gasteiger partial charge in [-0.3, -0.25) is 9.59 Å². The molecule has 2 aliphatic rings. The van der Waals surface area contributed by atoms with Crippen molar-refractivity contribution in [3.05, 3.63) is 34.9 Å². The molecule has 1 saturated heterocycles. The largest absolute Gasteiger partial charge is 0.373 e. The minimum Gasteiger partial charge on any atom is -0.373 e. The molecule has 166 valence electrons. The highest BCUT2D eigenvalue weighted by molar-refractivity contribution is 7.89. The zero-order chi connectivity index (χ0) is 21.7. The first-order chi connectivity index (χ1) is 14.2. The molecule has 1 heterocycles. The van der Waals surface area contributed by atoms with Gasteiger partial charge in [0.1, 0.15) is 0 Å². The maximum atomic E-state index is 12.5. The van der Waals surface area contributed by atoms with Crippen LogP contribution in [-0.2, 0) is 32.4 Å². The first-order valence-electron chi connectivity index (χ1n) is 10.8. The van der Waals surface area contributed by atoms with Gasteiger partial charge in [-0.2, -0.15) is 4.31 Å². The van der Waals surface area contributed by atoms with E-state index in [0.717, 1.165) is 19.3 Å². The highest BCUT2D eigenvalue weighted by atomic mass is 32.2. The van der Waals surface area contributed by atoms with Crippen molar-refractivity contribution < 1.29 is 22.7 Å². The number of hydrogen-bond donors (Lipinski definition) is 1. The molecule has 0 bridgehead atoms. The summed E-state index contributed by atoms with van der Waals surface area (Å²) in [5, 5.41) is 2.63. The van der Waals surface area contributed by atoms with Crippen LogP contribution in [0.4, 0.5) is 0 Å². The van der Waals surface area contributed by atoms with Crippen molar-refractivity contribution in [3.63, 3.8) is 0 Å². The second-order valence-corrected chi connectivity index (χ2v) is 10.4. The zero-order valence-electron chi connectivity index (χ0n) is 17.9. The van der Waals surface area contributed by atoms with E-state index in [2.05, 4.69) is 5.32 Å². The van der Waals surface area contributed by atoms with E-state index in [4.69, 9.17) is 4.74 Å². The lowest BCUT2D eigenvalue weighted by Gasteiger charge is -2.34. The van der Waals surface area contributed by atoms with Gasteiger partial charge in [-0.05, 0) is 56.7 Å². The molecule has 1 aromatic carbocycles. The normalized spacial score (nSPS) is 22.3. The van der Waals surface area contributed by atoms with E-state index in [9.17, 15) is 18.0 Å². The summed E-state index contributed by atoms with van der Waals surface area (Å²) in [5.41, 5.74) is 3.22. The number of aryl methyl sites for hydroxylation is 2. The average Bonchev–Trinajstić information content (AvgIpc) is 2.70. The first-order valence-corrected chi connectivity index (χ1v) is 12.4. The number of Topliss-reactive ketones (excluding diaryl/α,β-unsaturated/α-hetero) is 1. The second kappa shape index (κ2) is 10.0. The van der Waals surface area contributed by atoms with Crippen LogP contribution in [0.3, 0.4) is 0 Å². The van der Waals surface area contributed by atoms with Crippen LogP contribution in [-0.4, -0.2) is 62.0 Å². The van der Waals surface area contributed by atoms with E-state index >= 15 is 0 Å². The molecule has 1 N–H and O–H groups in total. The summed E-state index contributed by atoms with van der Waals surface area (Å²) in [7, 11) is -3.46. The fourth-order valence-electron chi connectivity index (χ4n) is 4.17. The molecule has 0 radical (unpaired) electrons. The highest BCUT2D eigenvalue weighted by Crippen LogP contribution is 2.23. The standard InChI is InChI=1S/C22H32N2O5S/c1-16-14-24(15-17(2)29-16)30(27,28)12-11-23-22(26)10-9-21(25)20-8-7-18-5-3-4-6-19(18)13-20/h7-8,13,16-17H,3-6,9-12,14-15H2,1-2H3,(H,23,26). The second-order valence-electron chi connectivity index (χ2n) is 8.35. The van der Waals surface area contributed by atoms with Crippen LogP contribution in [0.15, 0.2) is 18.2 Å². The summed E-state index contributed by atoms with van der Waals surface area (Å²) in [6.07, 6.45) is 4.30. The van der Waals surface area contributed by atoms with E-state index in [1.807, 2.05) is 32.0 Å². The van der Waals surface area contributed by atoms with Gasteiger partial charge in [0.15, 0.2) is 5.78 Å². The number of nitrogens with zero attached hydrogens (tertiary/aromatic N) is 1. The Morgan fingerprint density at radius 2 is 1.73 bits per heavy atom. The van der Waals surface area contributed by atoms with E-state index in [1.165, 1.54) is 21.9 Å². The maximum absolute atomic E-state index is 12.5. The lowest BCUT2D eigenvalue weighted by atomic mass is 9.89. The molecule has 2 unspecified atom stereocenters. The molecule has 0 saturated carbocycles. The fraction of sp³-hybridized carbons (Fsp3) is 0.636. The molecular weight excluding hydrogens is 404 g/mol. The number of hydrogen-bond acceptors (Lipinski definition) is 5. The van der Waals surface area contributed by atoms with Gasteiger partial charge < -0.3 is 10.1 Å². The highest BCUT2D eigenvalue weighted by Gasteiger charge is 2.30. The van der Waals surface area contributed by atoms with Crippen molar-refractivity contribution >= 4 is 21.7 Å². The van der Waals surface area contributed by atoms with Gasteiger partial charge in [-0.15, -0.1) is 0 Å². The number of ketones is 1. The smallest absolute Gasteiger partial charge is 0.220 e. The fourth-order valence-corrected chi connectivity index (χ4v) is 5.67. The van der Waals surface area contributed by atoms with Crippen LogP contribution in [0.5, 0.6) is 0 Å². The quantitative estimate of drug-likeness (QED) is 0.630. The molecule has 30 heavy (non-hydrogen) atoms. The van der Waals surface area contributed by atoms with Crippen molar-refractivity contribution in [1.82, 2.24) is 9.62 Å². The minimum absolute atomic E-state index is 0.0360. The average molecular weight is 437 g/mol. The molecule has 1 aromatic rings. The number of rotatable bonds is 8. The number of amides is 1. The van der Waals surface area contributed by atoms with Gasteiger partial charge in [-0.25, -0.2) is 8.42 Å². The SMILES string of the molecule is CC1CN(S(=O)(=O)CCNC(=O)CCC(=O)c2ccc3c(c2)CCCC3)CC(C)O1. The molecule has 2 atom stereocenters. The Bertz CT molecular complexity index is 874. The summed E-state index contributed by atoms with van der Waals surface area (Å²) in [6, 6.07) is 5.84. The van der Waals surface area contributed by atoms with Crippen LogP contribution in [0, 0.1) is 0 Å². The molecule has 7 nitrogen and oxygen atoms in total. The van der Waals surface area contributed by atoms with E-state index in [-0.39, 0.29) is 49.0 Å². The third-order valence-corrected chi connectivity index (χ3v) is 7.52. The summed E-state index contributed by atoms with van der Waals surface area (Å²) >= 11 is 0. The number of sulfonamides is 1. The number of carbonyl (C=O) groups is 2. The monoisotopic (exact) mass is 436 g/mol. The van der Waals surface area contributed by atoms with Crippen molar-refractivity contribution in [2.45, 2.75) is 64.6 Å². The summed E-state index contributed by atoms with van der Waals surface area (Å²) < 4.78 is 32.0. The Labute approximate surface area is 179 Å². The number of morpholine rings is 1. The van der Waals surface area contributed by atoms with Gasteiger partial charge in [0, 0.05) is 38.0 Å². The van der Waals surface area contributed by atoms with Crippen LogP contribution in [0.25, 0.3) is 0 Å². The number of ether oxygens (including phenoxy) is 1. The topological polar surface area (TPSA) is 92.8 Å². The van der Waals surface area contributed by atoms with Gasteiger partial charge in [0.2, 0.25) is 15.9 Å². The lowest BCUT2D eigenvalue weighted by molar-refractivity contribution is -0.120. The predicted molar refractivity (Wildman–Crippen MR) is 115 cm³/mol. The number of nitrogens with one attached hydrogen (secondary N) is 1. The Kier molecular flexibility index (Phi) is 7.65. The van der Waals surface area contributed by atoms with Crippen LogP contribution in [0.2, 0.25) is 0 Å². The molecule has 8 heteroatoms. The lowest BCUT2D eigenvalue weighted by Crippen LogP contribution is -2.49. The Morgan fingerprint density at radius 3 is 2.43 bits per heavy atom. The van der Waals surface area contributed by atoms with Gasteiger partial charge in [-0.1, -0.05) is 12.1 Å². The molecule has 3 rings (SSSR count). The van der Waals surface area contributed by atoms with E-state index in [0.29, 0.717) is 18.7 Å². The Morgan fingerprint density at radius 1 is 1.07 bits per heavy atom. The third kappa shape index (κ3) is 6.12. The maximum Gasteiger partial charge on any atom is 0.220 e. The molecular formula is C22H32N2O5S. The molecule has 1 fully saturated rings. The third-order valence-electron chi connectivity index (χ3n) is 5.71.